The summed E-state index contributed by atoms with van der Waals surface area (Å²) in [5, 5.41) is 0. The number of esters is 1. The van der Waals surface area contributed by atoms with Crippen molar-refractivity contribution >= 4 is 11.9 Å². The highest BCUT2D eigenvalue weighted by molar-refractivity contribution is 5.87. The maximum absolute atomic E-state index is 13.1. The molecule has 4 aliphatic heterocycles. The maximum atomic E-state index is 13.1. The summed E-state index contributed by atoms with van der Waals surface area (Å²) in [6.07, 6.45) is 7.91. The summed E-state index contributed by atoms with van der Waals surface area (Å²) in [7, 11) is 0. The van der Waals surface area contributed by atoms with Crippen LogP contribution in [-0.4, -0.2) is 64.5 Å². The monoisotopic (exact) mass is 357 g/mol. The minimum absolute atomic E-state index is 0.0875. The summed E-state index contributed by atoms with van der Waals surface area (Å²) in [6, 6.07) is 4.24. The van der Waals surface area contributed by atoms with Crippen LogP contribution in [0.15, 0.2) is 18.3 Å². The lowest BCUT2D eigenvalue weighted by Crippen LogP contribution is -2.66. The van der Waals surface area contributed by atoms with E-state index in [1.165, 1.54) is 12.8 Å². The van der Waals surface area contributed by atoms with Crippen LogP contribution in [0.2, 0.25) is 0 Å². The van der Waals surface area contributed by atoms with Crippen LogP contribution in [0.3, 0.4) is 0 Å². The Hall–Kier alpha value is -1.82. The van der Waals surface area contributed by atoms with E-state index >= 15 is 0 Å². The standard InChI is InChI=1S/C20H27N3O3/c24-19-15-10-13(17-5-1-2-8-23(17)19)12-22-9-6-14(11-18(15)22)26-20(25)16-4-3-7-21-16/h3-4,7,13-15,17-18,21H,1-2,5-6,8-12H2/t13-,14-,15+,17+,18-/m0/s1. The van der Waals surface area contributed by atoms with Crippen molar-refractivity contribution in [2.45, 2.75) is 56.7 Å². The molecule has 4 fully saturated rings. The molecular weight excluding hydrogens is 330 g/mol. The summed E-state index contributed by atoms with van der Waals surface area (Å²) in [4.78, 5) is 33.0. The third kappa shape index (κ3) is 2.66. The van der Waals surface area contributed by atoms with E-state index in [9.17, 15) is 9.59 Å². The van der Waals surface area contributed by atoms with Gasteiger partial charge in [-0.25, -0.2) is 4.79 Å². The van der Waals surface area contributed by atoms with E-state index in [-0.39, 0.29) is 24.0 Å². The zero-order valence-electron chi connectivity index (χ0n) is 15.1. The molecule has 0 aromatic carbocycles. The number of amides is 1. The lowest BCUT2D eigenvalue weighted by atomic mass is 9.70. The third-order valence-corrected chi connectivity index (χ3v) is 6.99. The molecular formula is C20H27N3O3. The Morgan fingerprint density at radius 3 is 2.92 bits per heavy atom. The minimum atomic E-state index is -0.284. The van der Waals surface area contributed by atoms with Crippen molar-refractivity contribution in [3.63, 3.8) is 0 Å². The molecule has 5 atom stereocenters. The molecule has 140 valence electrons. The first kappa shape index (κ1) is 16.4. The van der Waals surface area contributed by atoms with E-state index in [0.29, 0.717) is 23.6 Å². The van der Waals surface area contributed by atoms with Crippen LogP contribution in [0.4, 0.5) is 0 Å². The molecule has 1 aromatic rings. The SMILES string of the molecule is O=C(O[C@H]1CCN2C[C@@H]3C[C@@H](C(=O)N4CCCC[C@H]34)[C@@H]2C1)c1ccc[nH]1. The number of fused-ring (bicyclic) bond motifs is 6. The smallest absolute Gasteiger partial charge is 0.355 e. The number of aromatic nitrogens is 1. The van der Waals surface area contributed by atoms with Crippen molar-refractivity contribution in [1.29, 1.82) is 0 Å². The number of carbonyl (C=O) groups is 2. The molecule has 1 aromatic heterocycles. The molecule has 4 aliphatic rings. The molecule has 1 amide bonds. The predicted octanol–water partition coefficient (Wildman–Crippen LogP) is 2.04. The number of hydrogen-bond acceptors (Lipinski definition) is 4. The molecule has 0 saturated carbocycles. The fraction of sp³-hybridized carbons (Fsp3) is 0.700. The number of aromatic amines is 1. The summed E-state index contributed by atoms with van der Waals surface area (Å²) >= 11 is 0. The quantitative estimate of drug-likeness (QED) is 0.823. The van der Waals surface area contributed by atoms with Gasteiger partial charge in [0.25, 0.3) is 0 Å². The van der Waals surface area contributed by atoms with Crippen LogP contribution < -0.4 is 0 Å². The van der Waals surface area contributed by atoms with Gasteiger partial charge in [0.15, 0.2) is 0 Å². The lowest BCUT2D eigenvalue weighted by molar-refractivity contribution is -0.161. The number of ether oxygens (including phenoxy) is 1. The van der Waals surface area contributed by atoms with Gasteiger partial charge < -0.3 is 14.6 Å². The van der Waals surface area contributed by atoms with E-state index in [1.807, 2.05) is 0 Å². The summed E-state index contributed by atoms with van der Waals surface area (Å²) in [6.45, 7) is 2.97. The highest BCUT2D eigenvalue weighted by Gasteiger charge is 2.52. The molecule has 26 heavy (non-hydrogen) atoms. The van der Waals surface area contributed by atoms with Crippen molar-refractivity contribution in [3.05, 3.63) is 24.0 Å². The number of piperidine rings is 4. The van der Waals surface area contributed by atoms with Gasteiger partial charge in [0.05, 0.1) is 5.92 Å². The average Bonchev–Trinajstić information content (AvgIpc) is 3.21. The second-order valence-corrected chi connectivity index (χ2v) is 8.39. The molecule has 0 radical (unpaired) electrons. The normalized spacial score (nSPS) is 37.0. The molecule has 0 unspecified atom stereocenters. The number of nitrogens with zero attached hydrogens (tertiary/aromatic N) is 2. The van der Waals surface area contributed by atoms with Crippen LogP contribution in [0.5, 0.6) is 0 Å². The molecule has 6 nitrogen and oxygen atoms in total. The molecule has 5 heterocycles. The van der Waals surface area contributed by atoms with E-state index in [2.05, 4.69) is 14.8 Å². The molecule has 6 heteroatoms. The minimum Gasteiger partial charge on any atom is -0.458 e. The van der Waals surface area contributed by atoms with E-state index in [1.54, 1.807) is 18.3 Å². The van der Waals surface area contributed by atoms with Gasteiger partial charge in [0.2, 0.25) is 5.91 Å². The fourth-order valence-electron chi connectivity index (χ4n) is 5.77. The summed E-state index contributed by atoms with van der Waals surface area (Å²) in [5.41, 5.74) is 0.501. The number of hydrogen-bond donors (Lipinski definition) is 1. The van der Waals surface area contributed by atoms with Crippen molar-refractivity contribution in [3.8, 4) is 0 Å². The van der Waals surface area contributed by atoms with Crippen molar-refractivity contribution in [2.24, 2.45) is 11.8 Å². The highest BCUT2D eigenvalue weighted by Crippen LogP contribution is 2.43. The van der Waals surface area contributed by atoms with Gasteiger partial charge in [0, 0.05) is 44.3 Å². The second-order valence-electron chi connectivity index (χ2n) is 8.39. The largest absolute Gasteiger partial charge is 0.458 e. The Morgan fingerprint density at radius 2 is 2.08 bits per heavy atom. The topological polar surface area (TPSA) is 65.6 Å². The van der Waals surface area contributed by atoms with Crippen molar-refractivity contribution in [2.75, 3.05) is 19.6 Å². The molecule has 0 spiro atoms. The van der Waals surface area contributed by atoms with E-state index in [4.69, 9.17) is 4.74 Å². The van der Waals surface area contributed by atoms with Gasteiger partial charge in [-0.05, 0) is 50.2 Å². The Kier molecular flexibility index (Phi) is 4.03. The Balaban J connectivity index is 1.30. The van der Waals surface area contributed by atoms with Gasteiger partial charge in [0.1, 0.15) is 11.8 Å². The van der Waals surface area contributed by atoms with Crippen LogP contribution in [0.1, 0.15) is 49.0 Å². The zero-order valence-corrected chi connectivity index (χ0v) is 15.1. The van der Waals surface area contributed by atoms with Gasteiger partial charge >= 0.3 is 5.97 Å². The van der Waals surface area contributed by atoms with E-state index in [0.717, 1.165) is 45.3 Å². The first-order valence-corrected chi connectivity index (χ1v) is 10.1. The van der Waals surface area contributed by atoms with Gasteiger partial charge in [-0.1, -0.05) is 0 Å². The Bertz CT molecular complexity index is 688. The average molecular weight is 357 g/mol. The van der Waals surface area contributed by atoms with Gasteiger partial charge in [-0.2, -0.15) is 0 Å². The lowest BCUT2D eigenvalue weighted by Gasteiger charge is -2.56. The first-order valence-electron chi connectivity index (χ1n) is 10.1. The summed E-state index contributed by atoms with van der Waals surface area (Å²) < 4.78 is 5.74. The predicted molar refractivity (Wildman–Crippen MR) is 95.5 cm³/mol. The van der Waals surface area contributed by atoms with E-state index < -0.39 is 0 Å². The van der Waals surface area contributed by atoms with Crippen LogP contribution >= 0.6 is 0 Å². The molecule has 5 rings (SSSR count). The maximum Gasteiger partial charge on any atom is 0.355 e. The van der Waals surface area contributed by atoms with Crippen molar-refractivity contribution < 1.29 is 14.3 Å². The Labute approximate surface area is 153 Å². The van der Waals surface area contributed by atoms with Crippen LogP contribution in [-0.2, 0) is 9.53 Å². The first-order chi connectivity index (χ1) is 12.7. The summed E-state index contributed by atoms with van der Waals surface area (Å²) in [5.74, 6) is 0.799. The molecule has 0 aliphatic carbocycles. The van der Waals surface area contributed by atoms with Crippen LogP contribution in [0, 0.1) is 11.8 Å². The number of nitrogens with one attached hydrogen (secondary N) is 1. The van der Waals surface area contributed by atoms with Crippen LogP contribution in [0.25, 0.3) is 0 Å². The number of rotatable bonds is 2. The highest BCUT2D eigenvalue weighted by atomic mass is 16.5. The second kappa shape index (κ2) is 6.41. The van der Waals surface area contributed by atoms with Gasteiger partial charge in [-0.3, -0.25) is 9.69 Å². The van der Waals surface area contributed by atoms with Crippen molar-refractivity contribution in [1.82, 2.24) is 14.8 Å². The third-order valence-electron chi connectivity index (χ3n) is 6.99. The number of H-pyrrole nitrogens is 1. The molecule has 4 saturated heterocycles. The van der Waals surface area contributed by atoms with Gasteiger partial charge in [-0.15, -0.1) is 0 Å². The zero-order chi connectivity index (χ0) is 17.7. The molecule has 1 N–H and O–H groups in total. The number of carbonyl (C=O) groups excluding carboxylic acids is 2. The molecule has 2 bridgehead atoms. The fourth-order valence-corrected chi connectivity index (χ4v) is 5.77. The Morgan fingerprint density at radius 1 is 1.15 bits per heavy atom.